The molecule has 0 saturated heterocycles. The number of benzene rings is 1. The summed E-state index contributed by atoms with van der Waals surface area (Å²) in [7, 11) is 0. The van der Waals surface area contributed by atoms with Gasteiger partial charge in [-0.05, 0) is 31.4 Å². The molecule has 0 aliphatic rings. The molecule has 0 aromatic heterocycles. The SMILES string of the molecule is CSC(CO)C(C)Nc1ccc(Cl)cc1C#N. The molecule has 0 radical (unpaired) electrons. The zero-order valence-corrected chi connectivity index (χ0v) is 11.3. The largest absolute Gasteiger partial charge is 0.395 e. The van der Waals surface area contributed by atoms with Gasteiger partial charge in [-0.1, -0.05) is 11.6 Å². The first-order chi connectivity index (χ1) is 8.12. The van der Waals surface area contributed by atoms with Crippen molar-refractivity contribution in [3.8, 4) is 6.07 Å². The Bertz CT molecular complexity index is 415. The number of nitriles is 1. The summed E-state index contributed by atoms with van der Waals surface area (Å²) < 4.78 is 0. The summed E-state index contributed by atoms with van der Waals surface area (Å²) in [5, 5.41) is 22.1. The van der Waals surface area contributed by atoms with Gasteiger partial charge in [-0.15, -0.1) is 0 Å². The molecule has 17 heavy (non-hydrogen) atoms. The summed E-state index contributed by atoms with van der Waals surface area (Å²) in [5.74, 6) is 0. The summed E-state index contributed by atoms with van der Waals surface area (Å²) >= 11 is 7.42. The normalized spacial score (nSPS) is 13.8. The molecule has 2 atom stereocenters. The van der Waals surface area contributed by atoms with Crippen LogP contribution in [0.4, 0.5) is 5.69 Å². The lowest BCUT2D eigenvalue weighted by Crippen LogP contribution is -2.31. The summed E-state index contributed by atoms with van der Waals surface area (Å²) in [4.78, 5) is 0. The van der Waals surface area contributed by atoms with Gasteiger partial charge in [0.25, 0.3) is 0 Å². The number of anilines is 1. The standard InChI is InChI=1S/C12H15ClN2OS/c1-8(12(7-16)17-2)15-11-4-3-10(13)5-9(11)6-14/h3-5,8,12,15-16H,7H2,1-2H3. The maximum atomic E-state index is 9.20. The average Bonchev–Trinajstić information content (AvgIpc) is 2.33. The Morgan fingerprint density at radius 2 is 2.29 bits per heavy atom. The molecule has 1 rings (SSSR count). The third-order valence-corrected chi connectivity index (χ3v) is 3.92. The number of halogens is 1. The van der Waals surface area contributed by atoms with Crippen LogP contribution >= 0.6 is 23.4 Å². The van der Waals surface area contributed by atoms with Crippen LogP contribution < -0.4 is 5.32 Å². The van der Waals surface area contributed by atoms with Crippen LogP contribution in [0.25, 0.3) is 0 Å². The first-order valence-electron chi connectivity index (χ1n) is 5.22. The van der Waals surface area contributed by atoms with E-state index in [1.807, 2.05) is 13.2 Å². The van der Waals surface area contributed by atoms with Gasteiger partial charge in [0.2, 0.25) is 0 Å². The van der Waals surface area contributed by atoms with Crippen LogP contribution in [0.2, 0.25) is 5.02 Å². The number of thioether (sulfide) groups is 1. The molecule has 3 nitrogen and oxygen atoms in total. The highest BCUT2D eigenvalue weighted by Crippen LogP contribution is 2.22. The molecule has 0 bridgehead atoms. The second kappa shape index (κ2) is 6.75. The van der Waals surface area contributed by atoms with Crippen molar-refractivity contribution in [2.24, 2.45) is 0 Å². The smallest absolute Gasteiger partial charge is 0.101 e. The molecule has 0 spiro atoms. The van der Waals surface area contributed by atoms with E-state index in [9.17, 15) is 5.11 Å². The Morgan fingerprint density at radius 3 is 2.82 bits per heavy atom. The van der Waals surface area contributed by atoms with Crippen molar-refractivity contribution in [2.75, 3.05) is 18.2 Å². The van der Waals surface area contributed by atoms with E-state index < -0.39 is 0 Å². The van der Waals surface area contributed by atoms with E-state index in [-0.39, 0.29) is 17.9 Å². The Morgan fingerprint density at radius 1 is 1.59 bits per heavy atom. The van der Waals surface area contributed by atoms with E-state index in [0.717, 1.165) is 5.69 Å². The van der Waals surface area contributed by atoms with Gasteiger partial charge >= 0.3 is 0 Å². The monoisotopic (exact) mass is 270 g/mol. The van der Waals surface area contributed by atoms with Crippen molar-refractivity contribution in [1.82, 2.24) is 0 Å². The topological polar surface area (TPSA) is 56.0 Å². The molecule has 2 unspecified atom stereocenters. The Labute approximate surface area is 111 Å². The summed E-state index contributed by atoms with van der Waals surface area (Å²) in [5.41, 5.74) is 1.26. The van der Waals surface area contributed by atoms with Crippen LogP contribution in [0.15, 0.2) is 18.2 Å². The maximum Gasteiger partial charge on any atom is 0.101 e. The summed E-state index contributed by atoms with van der Waals surface area (Å²) in [6.07, 6.45) is 1.95. The highest BCUT2D eigenvalue weighted by Gasteiger charge is 2.16. The minimum absolute atomic E-state index is 0.0725. The quantitative estimate of drug-likeness (QED) is 0.864. The second-order valence-electron chi connectivity index (χ2n) is 3.69. The number of nitrogens with zero attached hydrogens (tertiary/aromatic N) is 1. The third-order valence-electron chi connectivity index (χ3n) is 2.53. The number of aliphatic hydroxyl groups excluding tert-OH is 1. The Balaban J connectivity index is 2.85. The molecule has 92 valence electrons. The predicted octanol–water partition coefficient (Wildman–Crippen LogP) is 2.74. The zero-order valence-electron chi connectivity index (χ0n) is 9.77. The number of aliphatic hydroxyl groups is 1. The van der Waals surface area contributed by atoms with E-state index in [1.165, 1.54) is 0 Å². The van der Waals surface area contributed by atoms with Gasteiger partial charge in [0.1, 0.15) is 6.07 Å². The molecule has 0 aliphatic carbocycles. The molecule has 5 heteroatoms. The van der Waals surface area contributed by atoms with Crippen molar-refractivity contribution in [3.05, 3.63) is 28.8 Å². The van der Waals surface area contributed by atoms with E-state index >= 15 is 0 Å². The molecule has 1 aromatic rings. The summed E-state index contributed by atoms with van der Waals surface area (Å²) in [6, 6.07) is 7.33. The minimum Gasteiger partial charge on any atom is -0.395 e. The van der Waals surface area contributed by atoms with Gasteiger partial charge in [0.15, 0.2) is 0 Å². The third kappa shape index (κ3) is 3.81. The van der Waals surface area contributed by atoms with Crippen LogP contribution in [-0.2, 0) is 0 Å². The van der Waals surface area contributed by atoms with Crippen LogP contribution in [0.1, 0.15) is 12.5 Å². The molecular formula is C12H15ClN2OS. The minimum atomic E-state index is 0.0725. The summed E-state index contributed by atoms with van der Waals surface area (Å²) in [6.45, 7) is 2.08. The molecule has 0 aliphatic heterocycles. The molecular weight excluding hydrogens is 256 g/mol. The number of hydrogen-bond acceptors (Lipinski definition) is 4. The van der Waals surface area contributed by atoms with Crippen molar-refractivity contribution in [3.63, 3.8) is 0 Å². The van der Waals surface area contributed by atoms with Gasteiger partial charge < -0.3 is 10.4 Å². The van der Waals surface area contributed by atoms with E-state index in [4.69, 9.17) is 16.9 Å². The zero-order chi connectivity index (χ0) is 12.8. The lowest BCUT2D eigenvalue weighted by Gasteiger charge is -2.22. The molecule has 2 N–H and O–H groups in total. The fourth-order valence-electron chi connectivity index (χ4n) is 1.51. The Hall–Kier alpha value is -0.890. The van der Waals surface area contributed by atoms with Crippen molar-refractivity contribution >= 4 is 29.1 Å². The van der Waals surface area contributed by atoms with Gasteiger partial charge in [-0.2, -0.15) is 17.0 Å². The van der Waals surface area contributed by atoms with Crippen LogP contribution in [0.5, 0.6) is 0 Å². The highest BCUT2D eigenvalue weighted by molar-refractivity contribution is 7.99. The number of nitrogens with one attached hydrogen (secondary N) is 1. The highest BCUT2D eigenvalue weighted by atomic mass is 35.5. The molecule has 0 fully saturated rings. The van der Waals surface area contributed by atoms with E-state index in [1.54, 1.807) is 30.0 Å². The first-order valence-corrected chi connectivity index (χ1v) is 6.88. The van der Waals surface area contributed by atoms with E-state index in [0.29, 0.717) is 10.6 Å². The van der Waals surface area contributed by atoms with Crippen LogP contribution in [0, 0.1) is 11.3 Å². The van der Waals surface area contributed by atoms with Gasteiger partial charge in [-0.3, -0.25) is 0 Å². The van der Waals surface area contributed by atoms with Crippen LogP contribution in [0.3, 0.4) is 0 Å². The number of hydrogen-bond donors (Lipinski definition) is 2. The fourth-order valence-corrected chi connectivity index (χ4v) is 2.31. The lowest BCUT2D eigenvalue weighted by atomic mass is 10.1. The van der Waals surface area contributed by atoms with Crippen LogP contribution in [-0.4, -0.2) is 29.3 Å². The van der Waals surface area contributed by atoms with Gasteiger partial charge in [-0.25, -0.2) is 0 Å². The number of rotatable bonds is 5. The Kier molecular flexibility index (Phi) is 5.63. The predicted molar refractivity (Wildman–Crippen MR) is 73.6 cm³/mol. The molecule has 0 amide bonds. The first kappa shape index (κ1) is 14.2. The van der Waals surface area contributed by atoms with Gasteiger partial charge in [0.05, 0.1) is 17.9 Å². The van der Waals surface area contributed by atoms with Gasteiger partial charge in [0, 0.05) is 16.3 Å². The van der Waals surface area contributed by atoms with Crippen molar-refractivity contribution in [2.45, 2.75) is 18.2 Å². The molecule has 1 aromatic carbocycles. The molecule has 0 saturated carbocycles. The van der Waals surface area contributed by atoms with E-state index in [2.05, 4.69) is 11.4 Å². The fraction of sp³-hybridized carbons (Fsp3) is 0.417. The average molecular weight is 271 g/mol. The van der Waals surface area contributed by atoms with Crippen molar-refractivity contribution < 1.29 is 5.11 Å². The lowest BCUT2D eigenvalue weighted by molar-refractivity contribution is 0.288. The second-order valence-corrected chi connectivity index (χ2v) is 5.20. The maximum absolute atomic E-state index is 9.20. The van der Waals surface area contributed by atoms with Crippen molar-refractivity contribution in [1.29, 1.82) is 5.26 Å². The molecule has 0 heterocycles.